The molecule has 0 bridgehead atoms. The number of carbonyl (C=O) groups excluding carboxylic acids is 2. The van der Waals surface area contributed by atoms with E-state index in [0.717, 1.165) is 45.4 Å². The van der Waals surface area contributed by atoms with Crippen molar-refractivity contribution in [2.75, 3.05) is 26.2 Å². The van der Waals surface area contributed by atoms with Crippen LogP contribution < -0.4 is 0 Å². The number of amides is 2. The van der Waals surface area contributed by atoms with E-state index in [9.17, 15) is 9.59 Å². The third kappa shape index (κ3) is 3.41. The van der Waals surface area contributed by atoms with Crippen LogP contribution in [0.2, 0.25) is 0 Å². The first-order valence-electron chi connectivity index (χ1n) is 8.74. The highest BCUT2D eigenvalue weighted by atomic mass is 16.2. The summed E-state index contributed by atoms with van der Waals surface area (Å²) in [5.74, 6) is 0.586. The zero-order chi connectivity index (χ0) is 14.7. The number of carbonyl (C=O) groups is 2. The van der Waals surface area contributed by atoms with Crippen LogP contribution in [0.15, 0.2) is 0 Å². The fourth-order valence-electron chi connectivity index (χ4n) is 4.36. The first kappa shape index (κ1) is 14.9. The molecule has 2 amide bonds. The van der Waals surface area contributed by atoms with Crippen LogP contribution in [0.3, 0.4) is 0 Å². The Morgan fingerprint density at radius 1 is 1.05 bits per heavy atom. The normalized spacial score (nSPS) is 25.0. The number of nitrogens with zero attached hydrogens (tertiary/aromatic N) is 2. The highest BCUT2D eigenvalue weighted by molar-refractivity contribution is 5.78. The molecule has 0 aromatic rings. The van der Waals surface area contributed by atoms with E-state index in [2.05, 4.69) is 4.90 Å². The molecule has 2 aliphatic heterocycles. The van der Waals surface area contributed by atoms with Crippen molar-refractivity contribution >= 4 is 11.8 Å². The van der Waals surface area contributed by atoms with Crippen molar-refractivity contribution in [1.82, 2.24) is 9.80 Å². The van der Waals surface area contributed by atoms with Gasteiger partial charge in [0.1, 0.15) is 0 Å². The van der Waals surface area contributed by atoms with Gasteiger partial charge >= 0.3 is 0 Å². The van der Waals surface area contributed by atoms with Crippen LogP contribution in [0.25, 0.3) is 0 Å². The van der Waals surface area contributed by atoms with Crippen molar-refractivity contribution in [3.63, 3.8) is 0 Å². The van der Waals surface area contributed by atoms with Gasteiger partial charge in [0.15, 0.2) is 0 Å². The van der Waals surface area contributed by atoms with Crippen molar-refractivity contribution in [2.45, 2.75) is 64.2 Å². The Morgan fingerprint density at radius 3 is 2.62 bits per heavy atom. The standard InChI is InChI=1S/C17H28N2O2/c20-15-6-1-4-11-18(15)12-5-7-16(21)19-13-10-17(14-19)8-2-3-9-17/h1-14H2. The minimum absolute atomic E-state index is 0.278. The zero-order valence-electron chi connectivity index (χ0n) is 13.1. The molecule has 1 saturated carbocycles. The van der Waals surface area contributed by atoms with E-state index < -0.39 is 0 Å². The Balaban J connectivity index is 1.39. The molecule has 118 valence electrons. The third-order valence-electron chi connectivity index (χ3n) is 5.70. The van der Waals surface area contributed by atoms with E-state index in [0.29, 0.717) is 24.2 Å². The molecule has 1 spiro atoms. The molecular formula is C17H28N2O2. The number of piperidine rings is 1. The molecule has 3 fully saturated rings. The maximum absolute atomic E-state index is 12.3. The lowest BCUT2D eigenvalue weighted by Gasteiger charge is -2.27. The Hall–Kier alpha value is -1.06. The Morgan fingerprint density at radius 2 is 1.86 bits per heavy atom. The lowest BCUT2D eigenvalue weighted by molar-refractivity contribution is -0.135. The predicted molar refractivity (Wildman–Crippen MR) is 81.8 cm³/mol. The zero-order valence-corrected chi connectivity index (χ0v) is 13.1. The van der Waals surface area contributed by atoms with Crippen molar-refractivity contribution in [3.8, 4) is 0 Å². The molecule has 0 N–H and O–H groups in total. The number of hydrogen-bond acceptors (Lipinski definition) is 2. The van der Waals surface area contributed by atoms with Gasteiger partial charge < -0.3 is 9.80 Å². The molecule has 0 aromatic heterocycles. The fraction of sp³-hybridized carbons (Fsp3) is 0.882. The van der Waals surface area contributed by atoms with Gasteiger partial charge in [0.25, 0.3) is 0 Å². The van der Waals surface area contributed by atoms with E-state index in [-0.39, 0.29) is 5.91 Å². The van der Waals surface area contributed by atoms with Gasteiger partial charge in [-0.15, -0.1) is 0 Å². The molecule has 0 atom stereocenters. The largest absolute Gasteiger partial charge is 0.343 e. The number of likely N-dealkylation sites (tertiary alicyclic amines) is 2. The van der Waals surface area contributed by atoms with Gasteiger partial charge in [-0.3, -0.25) is 9.59 Å². The van der Waals surface area contributed by atoms with E-state index in [4.69, 9.17) is 0 Å². The first-order chi connectivity index (χ1) is 10.2. The van der Waals surface area contributed by atoms with Gasteiger partial charge in [0.2, 0.25) is 11.8 Å². The van der Waals surface area contributed by atoms with Crippen molar-refractivity contribution < 1.29 is 9.59 Å². The molecule has 0 radical (unpaired) electrons. The highest BCUT2D eigenvalue weighted by Gasteiger charge is 2.41. The minimum Gasteiger partial charge on any atom is -0.343 e. The summed E-state index contributed by atoms with van der Waals surface area (Å²) in [6.07, 6.45) is 10.8. The second kappa shape index (κ2) is 6.37. The summed E-state index contributed by atoms with van der Waals surface area (Å²) in [6.45, 7) is 3.61. The van der Waals surface area contributed by atoms with Crippen LogP contribution >= 0.6 is 0 Å². The average Bonchev–Trinajstić information content (AvgIpc) is 3.12. The van der Waals surface area contributed by atoms with Crippen LogP contribution in [0.4, 0.5) is 0 Å². The number of rotatable bonds is 4. The van der Waals surface area contributed by atoms with Gasteiger partial charge in [0, 0.05) is 39.0 Å². The molecule has 2 heterocycles. The lowest BCUT2D eigenvalue weighted by Crippen LogP contribution is -2.37. The summed E-state index contributed by atoms with van der Waals surface area (Å²) >= 11 is 0. The summed E-state index contributed by atoms with van der Waals surface area (Å²) in [6, 6.07) is 0. The Bertz CT molecular complexity index is 402. The lowest BCUT2D eigenvalue weighted by atomic mass is 9.86. The molecule has 0 unspecified atom stereocenters. The second-order valence-corrected chi connectivity index (χ2v) is 7.21. The predicted octanol–water partition coefficient (Wildman–Crippen LogP) is 2.57. The summed E-state index contributed by atoms with van der Waals surface area (Å²) in [5, 5.41) is 0. The summed E-state index contributed by atoms with van der Waals surface area (Å²) in [5.41, 5.74) is 0.471. The third-order valence-corrected chi connectivity index (χ3v) is 5.70. The van der Waals surface area contributed by atoms with Crippen LogP contribution in [0, 0.1) is 5.41 Å². The van der Waals surface area contributed by atoms with E-state index in [1.165, 1.54) is 32.1 Å². The summed E-state index contributed by atoms with van der Waals surface area (Å²) in [7, 11) is 0. The first-order valence-corrected chi connectivity index (χ1v) is 8.74. The van der Waals surface area contributed by atoms with Crippen molar-refractivity contribution in [3.05, 3.63) is 0 Å². The maximum atomic E-state index is 12.3. The Labute approximate surface area is 127 Å². The molecule has 0 aromatic carbocycles. The van der Waals surface area contributed by atoms with E-state index in [1.54, 1.807) is 0 Å². The molecule has 2 saturated heterocycles. The molecule has 4 nitrogen and oxygen atoms in total. The van der Waals surface area contributed by atoms with E-state index in [1.807, 2.05) is 4.90 Å². The molecule has 21 heavy (non-hydrogen) atoms. The molecule has 3 rings (SSSR count). The topological polar surface area (TPSA) is 40.6 Å². The van der Waals surface area contributed by atoms with Gasteiger partial charge in [-0.25, -0.2) is 0 Å². The quantitative estimate of drug-likeness (QED) is 0.799. The van der Waals surface area contributed by atoms with Gasteiger partial charge in [-0.1, -0.05) is 12.8 Å². The number of hydrogen-bond donors (Lipinski definition) is 0. The SMILES string of the molecule is O=C1CCCCN1CCCC(=O)N1CCC2(CCCC2)C1. The Kier molecular flexibility index (Phi) is 4.51. The van der Waals surface area contributed by atoms with Crippen LogP contribution in [-0.4, -0.2) is 47.8 Å². The second-order valence-electron chi connectivity index (χ2n) is 7.21. The maximum Gasteiger partial charge on any atom is 0.222 e. The smallest absolute Gasteiger partial charge is 0.222 e. The monoisotopic (exact) mass is 292 g/mol. The molecule has 3 aliphatic rings. The van der Waals surface area contributed by atoms with Gasteiger partial charge in [-0.2, -0.15) is 0 Å². The fourth-order valence-corrected chi connectivity index (χ4v) is 4.36. The molecule has 4 heteroatoms. The van der Waals surface area contributed by atoms with Gasteiger partial charge in [0.05, 0.1) is 0 Å². The molecular weight excluding hydrogens is 264 g/mol. The average molecular weight is 292 g/mol. The van der Waals surface area contributed by atoms with Crippen LogP contribution in [0.5, 0.6) is 0 Å². The van der Waals surface area contributed by atoms with Crippen LogP contribution in [0.1, 0.15) is 64.2 Å². The van der Waals surface area contributed by atoms with Crippen molar-refractivity contribution in [1.29, 1.82) is 0 Å². The molecule has 1 aliphatic carbocycles. The van der Waals surface area contributed by atoms with Crippen LogP contribution in [-0.2, 0) is 9.59 Å². The van der Waals surface area contributed by atoms with Crippen molar-refractivity contribution in [2.24, 2.45) is 5.41 Å². The highest BCUT2D eigenvalue weighted by Crippen LogP contribution is 2.45. The summed E-state index contributed by atoms with van der Waals surface area (Å²) < 4.78 is 0. The van der Waals surface area contributed by atoms with E-state index >= 15 is 0 Å². The summed E-state index contributed by atoms with van der Waals surface area (Å²) in [4.78, 5) is 28.1. The minimum atomic E-state index is 0.278. The van der Waals surface area contributed by atoms with Gasteiger partial charge in [-0.05, 0) is 43.9 Å².